The van der Waals surface area contributed by atoms with Crippen LogP contribution in [0.3, 0.4) is 0 Å². The largest absolute Gasteiger partial charge is 0.497 e. The number of rotatable bonds is 3. The second kappa shape index (κ2) is 5.17. The van der Waals surface area contributed by atoms with Gasteiger partial charge >= 0.3 is 0 Å². The van der Waals surface area contributed by atoms with E-state index in [4.69, 9.17) is 16.3 Å². The highest BCUT2D eigenvalue weighted by Gasteiger charge is 2.09. The van der Waals surface area contributed by atoms with Crippen molar-refractivity contribution in [1.82, 2.24) is 0 Å². The van der Waals surface area contributed by atoms with E-state index in [2.05, 4.69) is 11.6 Å². The molecule has 0 aliphatic rings. The Bertz CT molecular complexity index is 422. The Morgan fingerprint density at radius 2 is 2.00 bits per heavy atom. The van der Waals surface area contributed by atoms with Crippen molar-refractivity contribution in [2.75, 3.05) is 7.11 Å². The van der Waals surface area contributed by atoms with Crippen LogP contribution in [-0.2, 0) is 0 Å². The Labute approximate surface area is 102 Å². The maximum absolute atomic E-state index is 6.18. The van der Waals surface area contributed by atoms with Crippen molar-refractivity contribution >= 4 is 23.0 Å². The van der Waals surface area contributed by atoms with Gasteiger partial charge in [0.15, 0.2) is 0 Å². The first kappa shape index (κ1) is 12.8. The van der Waals surface area contributed by atoms with Crippen LogP contribution in [0, 0.1) is 6.92 Å². The third-order valence-corrected chi connectivity index (χ3v) is 2.44. The highest BCUT2D eigenvalue weighted by atomic mass is 35.5. The third-order valence-electron chi connectivity index (χ3n) is 2.14. The Morgan fingerprint density at radius 3 is 2.44 bits per heavy atom. The summed E-state index contributed by atoms with van der Waals surface area (Å²) in [5.41, 5.74) is 3.53. The molecule has 0 aromatic heterocycles. The van der Waals surface area contributed by atoms with E-state index < -0.39 is 0 Å². The van der Waals surface area contributed by atoms with E-state index in [0.717, 1.165) is 22.6 Å². The number of benzene rings is 1. The molecule has 0 unspecified atom stereocenters. The standard InChI is InChI=1S/C13H16ClNO/c1-8(2)15-10(4)13-9(3)6-11(16-5)7-12(13)14/h6-7H,4H2,1-3,5H3. The van der Waals surface area contributed by atoms with Crippen LogP contribution in [0.2, 0.25) is 5.02 Å². The van der Waals surface area contributed by atoms with Crippen molar-refractivity contribution in [2.24, 2.45) is 4.99 Å². The molecule has 0 spiro atoms. The quantitative estimate of drug-likeness (QED) is 0.725. The van der Waals surface area contributed by atoms with Crippen LogP contribution in [0.25, 0.3) is 5.70 Å². The number of hydrogen-bond donors (Lipinski definition) is 0. The van der Waals surface area contributed by atoms with E-state index in [9.17, 15) is 0 Å². The van der Waals surface area contributed by atoms with Crippen molar-refractivity contribution in [1.29, 1.82) is 0 Å². The van der Waals surface area contributed by atoms with Crippen LogP contribution in [0.1, 0.15) is 25.0 Å². The second-order valence-electron chi connectivity index (χ2n) is 3.81. The van der Waals surface area contributed by atoms with Gasteiger partial charge < -0.3 is 4.74 Å². The fourth-order valence-electron chi connectivity index (χ4n) is 1.52. The Balaban J connectivity index is 3.25. The molecule has 0 aliphatic heterocycles. The lowest BCUT2D eigenvalue weighted by atomic mass is 10.1. The summed E-state index contributed by atoms with van der Waals surface area (Å²) in [6, 6.07) is 3.70. The Kier molecular flexibility index (Phi) is 4.13. The molecule has 0 atom stereocenters. The molecule has 3 heteroatoms. The molecule has 0 aliphatic carbocycles. The molecule has 86 valence electrons. The van der Waals surface area contributed by atoms with Crippen LogP contribution < -0.4 is 4.74 Å². The topological polar surface area (TPSA) is 21.6 Å². The van der Waals surface area contributed by atoms with Crippen molar-refractivity contribution in [3.8, 4) is 5.75 Å². The van der Waals surface area contributed by atoms with E-state index in [1.54, 1.807) is 13.2 Å². The smallest absolute Gasteiger partial charge is 0.120 e. The second-order valence-corrected chi connectivity index (χ2v) is 4.21. The molecule has 0 fully saturated rings. The van der Waals surface area contributed by atoms with Crippen LogP contribution in [0.5, 0.6) is 5.75 Å². The highest BCUT2D eigenvalue weighted by molar-refractivity contribution is 6.32. The third kappa shape index (κ3) is 2.86. The average Bonchev–Trinajstić information content (AvgIpc) is 2.15. The first-order valence-corrected chi connectivity index (χ1v) is 5.38. The monoisotopic (exact) mass is 237 g/mol. The number of methoxy groups -OCH3 is 1. The molecule has 1 aromatic rings. The molecule has 1 rings (SSSR count). The molecule has 0 saturated heterocycles. The zero-order valence-electron chi connectivity index (χ0n) is 10.1. The van der Waals surface area contributed by atoms with Crippen molar-refractivity contribution in [3.05, 3.63) is 34.9 Å². The molecule has 0 saturated carbocycles. The van der Waals surface area contributed by atoms with Crippen LogP contribution in [-0.4, -0.2) is 12.8 Å². The number of aryl methyl sites for hydroxylation is 1. The van der Waals surface area contributed by atoms with Crippen molar-refractivity contribution < 1.29 is 4.74 Å². The van der Waals surface area contributed by atoms with Crippen LogP contribution >= 0.6 is 11.6 Å². The van der Waals surface area contributed by atoms with Gasteiger partial charge in [0.2, 0.25) is 0 Å². The van der Waals surface area contributed by atoms with Gasteiger partial charge in [0.25, 0.3) is 0 Å². The summed E-state index contributed by atoms with van der Waals surface area (Å²) in [4.78, 5) is 4.32. The molecular weight excluding hydrogens is 222 g/mol. The zero-order valence-corrected chi connectivity index (χ0v) is 10.9. The van der Waals surface area contributed by atoms with Crippen LogP contribution in [0.4, 0.5) is 0 Å². The number of halogens is 1. The fraction of sp³-hybridized carbons (Fsp3) is 0.308. The highest BCUT2D eigenvalue weighted by Crippen LogP contribution is 2.31. The van der Waals surface area contributed by atoms with E-state index >= 15 is 0 Å². The van der Waals surface area contributed by atoms with Gasteiger partial charge in [-0.15, -0.1) is 0 Å². The predicted molar refractivity (Wildman–Crippen MR) is 70.6 cm³/mol. The van der Waals surface area contributed by atoms with Gasteiger partial charge in [-0.2, -0.15) is 0 Å². The zero-order chi connectivity index (χ0) is 12.3. The lowest BCUT2D eigenvalue weighted by molar-refractivity contribution is 0.414. The number of aliphatic imine (C=N–C) groups is 1. The molecule has 2 nitrogen and oxygen atoms in total. The Hall–Kier alpha value is -1.28. The first-order valence-electron chi connectivity index (χ1n) is 5.01. The van der Waals surface area contributed by atoms with Crippen molar-refractivity contribution in [2.45, 2.75) is 20.8 Å². The van der Waals surface area contributed by atoms with Gasteiger partial charge in [-0.3, -0.25) is 4.99 Å². The summed E-state index contributed by atoms with van der Waals surface area (Å²) in [6.45, 7) is 9.75. The van der Waals surface area contributed by atoms with E-state index in [0.29, 0.717) is 10.7 Å². The first-order chi connectivity index (χ1) is 7.45. The fourth-order valence-corrected chi connectivity index (χ4v) is 1.89. The number of ether oxygens (including phenoxy) is 1. The van der Waals surface area contributed by atoms with Crippen molar-refractivity contribution in [3.63, 3.8) is 0 Å². The lowest BCUT2D eigenvalue weighted by Gasteiger charge is -2.10. The molecule has 1 aromatic carbocycles. The molecular formula is C13H16ClNO. The molecule has 0 amide bonds. The minimum atomic E-state index is 0.617. The summed E-state index contributed by atoms with van der Waals surface area (Å²) in [5.74, 6) is 0.747. The summed E-state index contributed by atoms with van der Waals surface area (Å²) in [6.07, 6.45) is 0. The summed E-state index contributed by atoms with van der Waals surface area (Å²) in [7, 11) is 1.62. The lowest BCUT2D eigenvalue weighted by Crippen LogP contribution is -1.92. The predicted octanol–water partition coefficient (Wildman–Crippen LogP) is 4.11. The maximum atomic E-state index is 6.18. The van der Waals surface area contributed by atoms with Gasteiger partial charge in [-0.05, 0) is 38.5 Å². The van der Waals surface area contributed by atoms with E-state index in [1.165, 1.54) is 0 Å². The van der Waals surface area contributed by atoms with Gasteiger partial charge in [0.05, 0.1) is 17.8 Å². The van der Waals surface area contributed by atoms with Gasteiger partial charge in [0.1, 0.15) is 5.75 Å². The van der Waals surface area contributed by atoms with E-state index in [1.807, 2.05) is 26.8 Å². The number of nitrogens with zero attached hydrogens (tertiary/aromatic N) is 1. The molecule has 0 N–H and O–H groups in total. The summed E-state index contributed by atoms with van der Waals surface area (Å²) in [5, 5.41) is 0.617. The summed E-state index contributed by atoms with van der Waals surface area (Å²) < 4.78 is 5.14. The molecule has 16 heavy (non-hydrogen) atoms. The average molecular weight is 238 g/mol. The molecule has 0 heterocycles. The minimum absolute atomic E-state index is 0.617. The maximum Gasteiger partial charge on any atom is 0.120 e. The minimum Gasteiger partial charge on any atom is -0.497 e. The normalized spacial score (nSPS) is 9.81. The molecule has 0 radical (unpaired) electrons. The molecule has 0 bridgehead atoms. The Morgan fingerprint density at radius 1 is 1.38 bits per heavy atom. The SMILES string of the molecule is C=C(N=C(C)C)c1c(C)cc(OC)cc1Cl. The van der Waals surface area contributed by atoms with Gasteiger partial charge in [-0.25, -0.2) is 0 Å². The van der Waals surface area contributed by atoms with Crippen LogP contribution in [0.15, 0.2) is 23.7 Å². The summed E-state index contributed by atoms with van der Waals surface area (Å²) >= 11 is 6.18. The van der Waals surface area contributed by atoms with E-state index in [-0.39, 0.29) is 0 Å². The number of hydrogen-bond acceptors (Lipinski definition) is 2. The van der Waals surface area contributed by atoms with Gasteiger partial charge in [0, 0.05) is 11.3 Å². The van der Waals surface area contributed by atoms with Gasteiger partial charge in [-0.1, -0.05) is 18.2 Å².